The number of hydrogen-bond acceptors (Lipinski definition) is 6. The van der Waals surface area contributed by atoms with Crippen molar-refractivity contribution in [3.63, 3.8) is 0 Å². The molecule has 0 aromatic heterocycles. The van der Waals surface area contributed by atoms with Crippen LogP contribution < -0.4 is 10.9 Å². The number of hydrogen-bond donors (Lipinski definition) is 3. The van der Waals surface area contributed by atoms with Crippen molar-refractivity contribution in [3.05, 3.63) is 39.4 Å². The lowest BCUT2D eigenvalue weighted by Gasteiger charge is -2.23. The minimum Gasteiger partial charge on any atom is -0.481 e. The van der Waals surface area contributed by atoms with Crippen LogP contribution in [0.2, 0.25) is 0 Å². The zero-order valence-corrected chi connectivity index (χ0v) is 13.8. The van der Waals surface area contributed by atoms with E-state index in [0.717, 1.165) is 0 Å². The molecule has 4 atom stereocenters. The first-order valence-corrected chi connectivity index (χ1v) is 8.03. The van der Waals surface area contributed by atoms with Gasteiger partial charge in [0.2, 0.25) is 5.91 Å². The van der Waals surface area contributed by atoms with E-state index in [1.165, 1.54) is 25.1 Å². The smallest absolute Gasteiger partial charge is 0.310 e. The van der Waals surface area contributed by atoms with Crippen LogP contribution in [0.1, 0.15) is 28.8 Å². The number of carbonyl (C=O) groups is 3. The number of fused-ring (bicyclic) bond motifs is 2. The fraction of sp³-hybridized carbons (Fsp3) is 0.438. The molecule has 2 heterocycles. The second-order valence-corrected chi connectivity index (χ2v) is 6.38. The van der Waals surface area contributed by atoms with Crippen molar-refractivity contribution in [1.82, 2.24) is 10.9 Å². The fourth-order valence-electron chi connectivity index (χ4n) is 3.60. The molecule has 26 heavy (non-hydrogen) atoms. The maximum atomic E-state index is 12.3. The average molecular weight is 363 g/mol. The number of carboxylic acid groups (broad SMARTS) is 1. The lowest BCUT2D eigenvalue weighted by Crippen LogP contribution is -2.50. The first-order chi connectivity index (χ1) is 12.3. The second kappa shape index (κ2) is 6.71. The third kappa shape index (κ3) is 3.10. The zero-order valence-electron chi connectivity index (χ0n) is 13.8. The number of benzene rings is 1. The number of carbonyl (C=O) groups excluding carboxylic acids is 2. The predicted octanol–water partition coefficient (Wildman–Crippen LogP) is 0.542. The molecule has 0 saturated carbocycles. The van der Waals surface area contributed by atoms with Crippen molar-refractivity contribution < 1.29 is 29.2 Å². The topological polar surface area (TPSA) is 148 Å². The molecule has 2 bridgehead atoms. The maximum Gasteiger partial charge on any atom is 0.310 e. The number of aliphatic carboxylic acids is 1. The second-order valence-electron chi connectivity index (χ2n) is 6.38. The van der Waals surface area contributed by atoms with Crippen molar-refractivity contribution in [1.29, 1.82) is 0 Å². The highest BCUT2D eigenvalue weighted by molar-refractivity contribution is 5.96. The van der Waals surface area contributed by atoms with Gasteiger partial charge in [-0.15, -0.1) is 0 Å². The molecular formula is C16H17N3O7. The highest BCUT2D eigenvalue weighted by Crippen LogP contribution is 2.43. The summed E-state index contributed by atoms with van der Waals surface area (Å²) in [6.45, 7) is 1.50. The van der Waals surface area contributed by atoms with Crippen molar-refractivity contribution in [2.45, 2.75) is 32.0 Å². The molecule has 10 nitrogen and oxygen atoms in total. The van der Waals surface area contributed by atoms with Crippen LogP contribution in [0.4, 0.5) is 5.69 Å². The third-order valence-electron chi connectivity index (χ3n) is 4.82. The lowest BCUT2D eigenvalue weighted by atomic mass is 9.79. The summed E-state index contributed by atoms with van der Waals surface area (Å²) >= 11 is 0. The first kappa shape index (κ1) is 17.8. The minimum absolute atomic E-state index is 0.117. The van der Waals surface area contributed by atoms with Crippen LogP contribution in [0.5, 0.6) is 0 Å². The normalized spacial score (nSPS) is 26.3. The number of nitro groups is 1. The lowest BCUT2D eigenvalue weighted by molar-refractivity contribution is -0.385. The summed E-state index contributed by atoms with van der Waals surface area (Å²) in [6, 6.07) is 3.81. The Balaban J connectivity index is 1.64. The highest BCUT2D eigenvalue weighted by Gasteiger charge is 2.55. The molecule has 138 valence electrons. The Kier molecular flexibility index (Phi) is 4.60. The van der Waals surface area contributed by atoms with Gasteiger partial charge in [0.05, 0.1) is 29.0 Å². The van der Waals surface area contributed by atoms with E-state index in [-0.39, 0.29) is 11.3 Å². The standard InChI is InChI=1S/C16H17N3O7/c1-7-6-8(2-3-9(7)19(24)25)14(20)17-18-15(21)12-10-4-5-11(26-10)13(12)16(22)23/h2-3,6,10-13H,4-5H2,1H3,(H,17,20)(H,18,21)(H,22,23)/t10-,11-,12-,13-/m1/s1. The molecule has 2 saturated heterocycles. The molecule has 2 aliphatic rings. The van der Waals surface area contributed by atoms with E-state index in [1.54, 1.807) is 0 Å². The van der Waals surface area contributed by atoms with Gasteiger partial charge in [0.1, 0.15) is 0 Å². The summed E-state index contributed by atoms with van der Waals surface area (Å²) in [5.41, 5.74) is 4.77. The number of hydrazine groups is 1. The SMILES string of the molecule is Cc1cc(C(=O)NNC(=O)[C@H]2[C@H](C(=O)O)[C@H]3CC[C@H]2O3)ccc1[N+](=O)[O-]. The van der Waals surface area contributed by atoms with Crippen LogP contribution in [-0.4, -0.2) is 40.0 Å². The summed E-state index contributed by atoms with van der Waals surface area (Å²) in [6.07, 6.45) is 0.239. The Labute approximate surface area is 147 Å². The van der Waals surface area contributed by atoms with E-state index in [1.807, 2.05) is 0 Å². The maximum absolute atomic E-state index is 12.3. The van der Waals surface area contributed by atoms with Gasteiger partial charge in [0.25, 0.3) is 11.6 Å². The zero-order chi connectivity index (χ0) is 19.0. The predicted molar refractivity (Wildman–Crippen MR) is 86.0 cm³/mol. The molecule has 10 heteroatoms. The van der Waals surface area contributed by atoms with E-state index < -0.39 is 46.8 Å². The molecule has 1 aromatic carbocycles. The summed E-state index contributed by atoms with van der Waals surface area (Å²) in [5.74, 6) is -4.20. The molecule has 3 N–H and O–H groups in total. The molecule has 0 aliphatic carbocycles. The fourth-order valence-corrected chi connectivity index (χ4v) is 3.60. The van der Waals surface area contributed by atoms with Crippen molar-refractivity contribution in [2.24, 2.45) is 11.8 Å². The number of aryl methyl sites for hydroxylation is 1. The number of nitrogens with zero attached hydrogens (tertiary/aromatic N) is 1. The van der Waals surface area contributed by atoms with Gasteiger partial charge in [0.15, 0.2) is 0 Å². The Morgan fingerprint density at radius 3 is 2.42 bits per heavy atom. The summed E-state index contributed by atoms with van der Waals surface area (Å²) in [4.78, 5) is 46.1. The molecule has 2 aliphatic heterocycles. The molecule has 0 unspecified atom stereocenters. The average Bonchev–Trinajstić information content (AvgIpc) is 3.20. The van der Waals surface area contributed by atoms with Crippen LogP contribution >= 0.6 is 0 Å². The first-order valence-electron chi connectivity index (χ1n) is 8.03. The van der Waals surface area contributed by atoms with Crippen LogP contribution in [0.15, 0.2) is 18.2 Å². The summed E-state index contributed by atoms with van der Waals surface area (Å²) in [7, 11) is 0. The van der Waals surface area contributed by atoms with Gasteiger partial charge < -0.3 is 9.84 Å². The Morgan fingerprint density at radius 2 is 1.85 bits per heavy atom. The highest BCUT2D eigenvalue weighted by atomic mass is 16.6. The Morgan fingerprint density at radius 1 is 1.19 bits per heavy atom. The van der Waals surface area contributed by atoms with E-state index in [0.29, 0.717) is 18.4 Å². The molecule has 2 fully saturated rings. The number of nitrogens with one attached hydrogen (secondary N) is 2. The number of nitro benzene ring substituents is 1. The van der Waals surface area contributed by atoms with Crippen LogP contribution in [0.3, 0.4) is 0 Å². The molecule has 1 aromatic rings. The quantitative estimate of drug-likeness (QED) is 0.522. The van der Waals surface area contributed by atoms with Crippen molar-refractivity contribution in [3.8, 4) is 0 Å². The van der Waals surface area contributed by atoms with Gasteiger partial charge in [-0.2, -0.15) is 0 Å². The molecule has 0 spiro atoms. The van der Waals surface area contributed by atoms with Gasteiger partial charge in [-0.3, -0.25) is 35.3 Å². The summed E-state index contributed by atoms with van der Waals surface area (Å²) < 4.78 is 5.50. The van der Waals surface area contributed by atoms with E-state index in [2.05, 4.69) is 10.9 Å². The van der Waals surface area contributed by atoms with E-state index in [9.17, 15) is 29.6 Å². The molecular weight excluding hydrogens is 346 g/mol. The number of carboxylic acids is 1. The van der Waals surface area contributed by atoms with Crippen LogP contribution in [0.25, 0.3) is 0 Å². The van der Waals surface area contributed by atoms with Gasteiger partial charge in [-0.1, -0.05) is 0 Å². The van der Waals surface area contributed by atoms with E-state index in [4.69, 9.17) is 4.74 Å². The largest absolute Gasteiger partial charge is 0.481 e. The van der Waals surface area contributed by atoms with Gasteiger partial charge in [0, 0.05) is 17.2 Å². The Hall–Kier alpha value is -3.01. The third-order valence-corrected chi connectivity index (χ3v) is 4.82. The number of rotatable bonds is 4. The summed E-state index contributed by atoms with van der Waals surface area (Å²) in [5, 5.41) is 20.1. The van der Waals surface area contributed by atoms with Gasteiger partial charge in [-0.25, -0.2) is 0 Å². The monoisotopic (exact) mass is 363 g/mol. The van der Waals surface area contributed by atoms with E-state index >= 15 is 0 Å². The van der Waals surface area contributed by atoms with Gasteiger partial charge >= 0.3 is 5.97 Å². The Bertz CT molecular complexity index is 794. The van der Waals surface area contributed by atoms with Crippen molar-refractivity contribution >= 4 is 23.5 Å². The van der Waals surface area contributed by atoms with Crippen LogP contribution in [0, 0.1) is 28.9 Å². The van der Waals surface area contributed by atoms with Gasteiger partial charge in [-0.05, 0) is 31.9 Å². The number of amides is 2. The molecule has 0 radical (unpaired) electrons. The minimum atomic E-state index is -1.10. The van der Waals surface area contributed by atoms with Crippen molar-refractivity contribution in [2.75, 3.05) is 0 Å². The molecule has 2 amide bonds. The molecule has 3 rings (SSSR count). The van der Waals surface area contributed by atoms with Crippen LogP contribution in [-0.2, 0) is 14.3 Å². The number of ether oxygens (including phenoxy) is 1.